The molecule has 2 aromatic rings. The lowest BCUT2D eigenvalue weighted by atomic mass is 10.0. The van der Waals surface area contributed by atoms with Crippen molar-refractivity contribution in [2.75, 3.05) is 20.2 Å². The summed E-state index contributed by atoms with van der Waals surface area (Å²) in [5.74, 6) is 0.955. The highest BCUT2D eigenvalue weighted by Gasteiger charge is 2.20. The molecule has 0 spiro atoms. The second kappa shape index (κ2) is 6.29. The van der Waals surface area contributed by atoms with Gasteiger partial charge in [0.1, 0.15) is 5.75 Å². The summed E-state index contributed by atoms with van der Waals surface area (Å²) in [7, 11) is 1.74. The van der Waals surface area contributed by atoms with Crippen molar-refractivity contribution < 1.29 is 4.74 Å². The van der Waals surface area contributed by atoms with E-state index < -0.39 is 0 Å². The van der Waals surface area contributed by atoms with E-state index in [1.807, 2.05) is 6.07 Å². The van der Waals surface area contributed by atoms with E-state index in [0.29, 0.717) is 6.04 Å². The summed E-state index contributed by atoms with van der Waals surface area (Å²) in [4.78, 5) is 2.39. The van der Waals surface area contributed by atoms with Crippen molar-refractivity contribution in [3.63, 3.8) is 0 Å². The van der Waals surface area contributed by atoms with Gasteiger partial charge in [-0.25, -0.2) is 0 Å². The van der Waals surface area contributed by atoms with Gasteiger partial charge in [-0.2, -0.15) is 0 Å². The standard InChI is InChI=1S/C18H22N2O/c1-21-18-11-15(14-5-3-2-4-6-14)7-8-16(18)12-20-10-9-17(19)13-20/h2-8,11,17H,9-10,12-13,19H2,1H3/t17-/m1/s1. The van der Waals surface area contributed by atoms with Crippen molar-refractivity contribution in [1.82, 2.24) is 4.90 Å². The minimum atomic E-state index is 0.319. The highest BCUT2D eigenvalue weighted by Crippen LogP contribution is 2.28. The van der Waals surface area contributed by atoms with Crippen LogP contribution in [0.4, 0.5) is 0 Å². The largest absolute Gasteiger partial charge is 0.496 e. The smallest absolute Gasteiger partial charge is 0.123 e. The van der Waals surface area contributed by atoms with E-state index in [0.717, 1.165) is 31.8 Å². The number of likely N-dealkylation sites (tertiary alicyclic amines) is 1. The third-order valence-electron chi connectivity index (χ3n) is 4.10. The Hall–Kier alpha value is -1.84. The van der Waals surface area contributed by atoms with Crippen LogP contribution >= 0.6 is 0 Å². The van der Waals surface area contributed by atoms with Crippen LogP contribution < -0.4 is 10.5 Å². The molecule has 1 aliphatic heterocycles. The molecule has 3 heteroatoms. The maximum Gasteiger partial charge on any atom is 0.123 e. The predicted octanol–water partition coefficient (Wildman–Crippen LogP) is 2.90. The first-order valence-electron chi connectivity index (χ1n) is 7.46. The SMILES string of the molecule is COc1cc(-c2ccccc2)ccc1CN1CC[C@@H](N)C1. The van der Waals surface area contributed by atoms with Gasteiger partial charge in [-0.1, -0.05) is 42.5 Å². The van der Waals surface area contributed by atoms with Crippen molar-refractivity contribution >= 4 is 0 Å². The number of benzene rings is 2. The number of hydrogen-bond donors (Lipinski definition) is 1. The summed E-state index contributed by atoms with van der Waals surface area (Å²) >= 11 is 0. The summed E-state index contributed by atoms with van der Waals surface area (Å²) in [5, 5.41) is 0. The fraction of sp³-hybridized carbons (Fsp3) is 0.333. The topological polar surface area (TPSA) is 38.5 Å². The van der Waals surface area contributed by atoms with Crippen LogP contribution in [0.3, 0.4) is 0 Å². The molecule has 1 aliphatic rings. The number of ether oxygens (including phenoxy) is 1. The molecule has 21 heavy (non-hydrogen) atoms. The Morgan fingerprint density at radius 1 is 1.14 bits per heavy atom. The average molecular weight is 282 g/mol. The Balaban J connectivity index is 1.82. The minimum Gasteiger partial charge on any atom is -0.496 e. The van der Waals surface area contributed by atoms with Crippen molar-refractivity contribution in [3.8, 4) is 16.9 Å². The first kappa shape index (κ1) is 14.1. The Labute approximate surface area is 126 Å². The molecule has 0 unspecified atom stereocenters. The quantitative estimate of drug-likeness (QED) is 0.937. The molecular weight excluding hydrogens is 260 g/mol. The van der Waals surface area contributed by atoms with Crippen molar-refractivity contribution in [3.05, 3.63) is 54.1 Å². The minimum absolute atomic E-state index is 0.319. The third kappa shape index (κ3) is 3.26. The van der Waals surface area contributed by atoms with Gasteiger partial charge in [0.25, 0.3) is 0 Å². The lowest BCUT2D eigenvalue weighted by molar-refractivity contribution is 0.317. The fourth-order valence-corrected chi connectivity index (χ4v) is 2.93. The van der Waals surface area contributed by atoms with E-state index in [4.69, 9.17) is 10.5 Å². The van der Waals surface area contributed by atoms with E-state index in [2.05, 4.69) is 47.4 Å². The summed E-state index contributed by atoms with van der Waals surface area (Å²) < 4.78 is 5.59. The van der Waals surface area contributed by atoms with E-state index in [9.17, 15) is 0 Å². The molecule has 0 saturated carbocycles. The zero-order valence-electron chi connectivity index (χ0n) is 12.5. The lowest BCUT2D eigenvalue weighted by Gasteiger charge is -2.18. The third-order valence-corrected chi connectivity index (χ3v) is 4.10. The van der Waals surface area contributed by atoms with E-state index >= 15 is 0 Å². The number of nitrogens with two attached hydrogens (primary N) is 1. The Bertz CT molecular complexity index is 597. The van der Waals surface area contributed by atoms with Crippen LogP contribution in [0.1, 0.15) is 12.0 Å². The second-order valence-electron chi connectivity index (χ2n) is 5.68. The molecule has 0 amide bonds. The Morgan fingerprint density at radius 2 is 1.95 bits per heavy atom. The van der Waals surface area contributed by atoms with Gasteiger partial charge in [-0.05, 0) is 23.6 Å². The van der Waals surface area contributed by atoms with E-state index in [1.165, 1.54) is 16.7 Å². The Morgan fingerprint density at radius 3 is 2.62 bits per heavy atom. The molecule has 1 heterocycles. The molecule has 3 nitrogen and oxygen atoms in total. The fourth-order valence-electron chi connectivity index (χ4n) is 2.93. The van der Waals surface area contributed by atoms with E-state index in [1.54, 1.807) is 7.11 Å². The molecule has 0 radical (unpaired) electrons. The van der Waals surface area contributed by atoms with Gasteiger partial charge in [0.05, 0.1) is 7.11 Å². The second-order valence-corrected chi connectivity index (χ2v) is 5.68. The first-order valence-corrected chi connectivity index (χ1v) is 7.46. The summed E-state index contributed by atoms with van der Waals surface area (Å²) in [6.07, 6.45) is 1.09. The molecular formula is C18H22N2O. The molecule has 2 N–H and O–H groups in total. The van der Waals surface area contributed by atoms with Crippen molar-refractivity contribution in [2.24, 2.45) is 5.73 Å². The van der Waals surface area contributed by atoms with Crippen LogP contribution in [0.5, 0.6) is 5.75 Å². The average Bonchev–Trinajstić information content (AvgIpc) is 2.94. The molecule has 0 bridgehead atoms. The number of hydrogen-bond acceptors (Lipinski definition) is 3. The monoisotopic (exact) mass is 282 g/mol. The van der Waals surface area contributed by atoms with Crippen LogP contribution in [0.2, 0.25) is 0 Å². The van der Waals surface area contributed by atoms with Crippen LogP contribution in [0.15, 0.2) is 48.5 Å². The van der Waals surface area contributed by atoms with Crippen molar-refractivity contribution in [2.45, 2.75) is 19.0 Å². The highest BCUT2D eigenvalue weighted by atomic mass is 16.5. The molecule has 0 aromatic heterocycles. The normalized spacial score (nSPS) is 18.9. The van der Waals surface area contributed by atoms with Gasteiger partial charge in [0, 0.05) is 31.2 Å². The zero-order valence-corrected chi connectivity index (χ0v) is 12.5. The maximum atomic E-state index is 5.98. The number of nitrogens with zero attached hydrogens (tertiary/aromatic N) is 1. The van der Waals surface area contributed by atoms with Gasteiger partial charge in [0.15, 0.2) is 0 Å². The first-order chi connectivity index (χ1) is 10.3. The van der Waals surface area contributed by atoms with Gasteiger partial charge in [-0.3, -0.25) is 4.90 Å². The highest BCUT2D eigenvalue weighted by molar-refractivity contribution is 5.66. The van der Waals surface area contributed by atoms with Gasteiger partial charge in [-0.15, -0.1) is 0 Å². The molecule has 1 fully saturated rings. The zero-order chi connectivity index (χ0) is 14.7. The number of rotatable bonds is 4. The molecule has 1 atom stereocenters. The van der Waals surface area contributed by atoms with E-state index in [-0.39, 0.29) is 0 Å². The molecule has 2 aromatic carbocycles. The Kier molecular flexibility index (Phi) is 4.23. The summed E-state index contributed by atoms with van der Waals surface area (Å²) in [6.45, 7) is 2.96. The molecule has 3 rings (SSSR count). The van der Waals surface area contributed by atoms with Crippen molar-refractivity contribution in [1.29, 1.82) is 0 Å². The lowest BCUT2D eigenvalue weighted by Crippen LogP contribution is -2.26. The van der Waals surface area contributed by atoms with Gasteiger partial charge < -0.3 is 10.5 Å². The number of methoxy groups -OCH3 is 1. The van der Waals surface area contributed by atoms with Crippen LogP contribution in [0.25, 0.3) is 11.1 Å². The molecule has 110 valence electrons. The molecule has 1 saturated heterocycles. The van der Waals surface area contributed by atoms with Crippen LogP contribution in [0, 0.1) is 0 Å². The predicted molar refractivity (Wildman–Crippen MR) is 86.3 cm³/mol. The van der Waals surface area contributed by atoms with Crippen LogP contribution in [-0.4, -0.2) is 31.1 Å². The summed E-state index contributed by atoms with van der Waals surface area (Å²) in [6, 6.07) is 17.2. The van der Waals surface area contributed by atoms with Crippen LogP contribution in [-0.2, 0) is 6.54 Å². The van der Waals surface area contributed by atoms with Gasteiger partial charge in [0.2, 0.25) is 0 Å². The maximum absolute atomic E-state index is 5.98. The molecule has 0 aliphatic carbocycles. The van der Waals surface area contributed by atoms with Gasteiger partial charge >= 0.3 is 0 Å². The summed E-state index contributed by atoms with van der Waals surface area (Å²) in [5.41, 5.74) is 9.61.